The molecule has 0 radical (unpaired) electrons. The van der Waals surface area contributed by atoms with Crippen LogP contribution in [0.5, 0.6) is 0 Å². The molecule has 33 heavy (non-hydrogen) atoms. The highest BCUT2D eigenvalue weighted by atomic mass is 19.1. The number of carbonyl (C=O) groups is 2. The quantitative estimate of drug-likeness (QED) is 0.411. The number of ether oxygens (including phenoxy) is 2. The molecule has 2 aliphatic carbocycles. The smallest absolute Gasteiger partial charge is 0.340 e. The van der Waals surface area contributed by atoms with Gasteiger partial charge < -0.3 is 9.47 Å². The fourth-order valence-corrected chi connectivity index (χ4v) is 4.94. The topological polar surface area (TPSA) is 52.6 Å². The van der Waals surface area contributed by atoms with E-state index in [9.17, 15) is 22.8 Å². The third-order valence-electron chi connectivity index (χ3n) is 7.08. The summed E-state index contributed by atoms with van der Waals surface area (Å²) in [4.78, 5) is 23.3. The van der Waals surface area contributed by atoms with Gasteiger partial charge in [-0.25, -0.2) is 22.8 Å². The highest BCUT2D eigenvalue weighted by molar-refractivity contribution is 5.75. The van der Waals surface area contributed by atoms with Gasteiger partial charge in [-0.05, 0) is 93.2 Å². The molecule has 2 atom stereocenters. The average molecular weight is 469 g/mol. The van der Waals surface area contributed by atoms with Gasteiger partial charge in [0.15, 0.2) is 12.3 Å². The number of hydrogen-bond acceptors (Lipinski definition) is 4. The van der Waals surface area contributed by atoms with E-state index in [1.807, 2.05) is 12.1 Å². The van der Waals surface area contributed by atoms with Gasteiger partial charge in [0, 0.05) is 0 Å². The van der Waals surface area contributed by atoms with Gasteiger partial charge in [0.2, 0.25) is 0 Å². The lowest BCUT2D eigenvalue weighted by Gasteiger charge is -2.30. The van der Waals surface area contributed by atoms with E-state index in [4.69, 9.17) is 9.47 Å². The first kappa shape index (κ1) is 25.6. The molecule has 1 aromatic carbocycles. The molecule has 0 unspecified atom stereocenters. The Hall–Kier alpha value is -2.05. The van der Waals surface area contributed by atoms with Crippen molar-refractivity contribution in [3.8, 4) is 0 Å². The molecule has 0 bridgehead atoms. The number of esters is 2. The predicted molar refractivity (Wildman–Crippen MR) is 119 cm³/mol. The highest BCUT2D eigenvalue weighted by Crippen LogP contribution is 2.39. The SMILES string of the molecule is CC[C@H](F)C(=O)OC1CCC(c2ccc(C3CCC(OC(=O)[C@@H](F)CC)CC3)c(F)c2)CC1. The van der Waals surface area contributed by atoms with Crippen molar-refractivity contribution >= 4 is 11.9 Å². The first-order chi connectivity index (χ1) is 15.8. The molecule has 0 spiro atoms. The van der Waals surface area contributed by atoms with Crippen molar-refractivity contribution in [3.63, 3.8) is 0 Å². The van der Waals surface area contributed by atoms with Gasteiger partial charge >= 0.3 is 11.9 Å². The molecule has 2 saturated carbocycles. The lowest BCUT2D eigenvalue weighted by atomic mass is 9.79. The lowest BCUT2D eigenvalue weighted by molar-refractivity contribution is -0.157. The molecule has 0 aromatic heterocycles. The Morgan fingerprint density at radius 2 is 1.27 bits per heavy atom. The van der Waals surface area contributed by atoms with Crippen molar-refractivity contribution in [3.05, 3.63) is 35.1 Å². The Labute approximate surface area is 194 Å². The lowest BCUT2D eigenvalue weighted by Crippen LogP contribution is -2.28. The number of alkyl halides is 2. The van der Waals surface area contributed by atoms with Crippen LogP contribution in [0.15, 0.2) is 18.2 Å². The second kappa shape index (κ2) is 11.9. The second-order valence-electron chi connectivity index (χ2n) is 9.35. The van der Waals surface area contributed by atoms with Crippen LogP contribution in [0, 0.1) is 5.82 Å². The number of benzene rings is 1. The molecular formula is C26H35F3O4. The minimum Gasteiger partial charge on any atom is -0.460 e. The van der Waals surface area contributed by atoms with Gasteiger partial charge in [0.05, 0.1) is 0 Å². The Kier molecular flexibility index (Phi) is 9.21. The summed E-state index contributed by atoms with van der Waals surface area (Å²) >= 11 is 0. The van der Waals surface area contributed by atoms with Crippen molar-refractivity contribution in [2.75, 3.05) is 0 Å². The first-order valence-electron chi connectivity index (χ1n) is 12.3. The zero-order chi connectivity index (χ0) is 24.0. The largest absolute Gasteiger partial charge is 0.460 e. The monoisotopic (exact) mass is 468 g/mol. The second-order valence-corrected chi connectivity index (χ2v) is 9.35. The van der Waals surface area contributed by atoms with Gasteiger partial charge in [-0.3, -0.25) is 0 Å². The molecule has 2 aliphatic rings. The van der Waals surface area contributed by atoms with Crippen LogP contribution >= 0.6 is 0 Å². The van der Waals surface area contributed by atoms with Crippen LogP contribution < -0.4 is 0 Å². The molecule has 184 valence electrons. The molecular weight excluding hydrogens is 433 g/mol. The maximum atomic E-state index is 15.0. The molecule has 0 amide bonds. The maximum absolute atomic E-state index is 15.0. The first-order valence-corrected chi connectivity index (χ1v) is 12.3. The summed E-state index contributed by atoms with van der Waals surface area (Å²) in [5.74, 6) is -1.55. The van der Waals surface area contributed by atoms with Crippen LogP contribution in [0.2, 0.25) is 0 Å². The zero-order valence-corrected chi connectivity index (χ0v) is 19.5. The normalized spacial score (nSPS) is 27.4. The van der Waals surface area contributed by atoms with Crippen molar-refractivity contribution in [1.82, 2.24) is 0 Å². The molecule has 3 rings (SSSR count). The third-order valence-corrected chi connectivity index (χ3v) is 7.08. The molecule has 4 nitrogen and oxygen atoms in total. The number of carbonyl (C=O) groups excluding carboxylic acids is 2. The van der Waals surface area contributed by atoms with Crippen molar-refractivity contribution in [1.29, 1.82) is 0 Å². The molecule has 1 aromatic rings. The maximum Gasteiger partial charge on any atom is 0.340 e. The van der Waals surface area contributed by atoms with Gasteiger partial charge in [0.25, 0.3) is 0 Å². The Morgan fingerprint density at radius 3 is 1.70 bits per heavy atom. The summed E-state index contributed by atoms with van der Waals surface area (Å²) in [5.41, 5.74) is 1.62. The standard InChI is InChI=1S/C26H35F3O4/c1-3-22(27)25(30)32-19-10-5-16(6-11-19)18-9-14-21(24(29)15-18)17-7-12-20(13-8-17)33-26(31)23(28)4-2/h9,14-17,19-20,22-23H,3-8,10-13H2,1-2H3/t16?,17?,19?,20?,22-,23-/m0/s1. The highest BCUT2D eigenvalue weighted by Gasteiger charge is 2.30. The summed E-state index contributed by atoms with van der Waals surface area (Å²) in [6, 6.07) is 5.45. The van der Waals surface area contributed by atoms with E-state index < -0.39 is 24.3 Å². The van der Waals surface area contributed by atoms with Crippen LogP contribution in [-0.4, -0.2) is 36.5 Å². The molecule has 0 saturated heterocycles. The van der Waals surface area contributed by atoms with E-state index in [2.05, 4.69) is 0 Å². The molecule has 0 heterocycles. The Balaban J connectivity index is 1.50. The Bertz CT molecular complexity index is 799. The van der Waals surface area contributed by atoms with E-state index >= 15 is 0 Å². The van der Waals surface area contributed by atoms with Crippen LogP contribution in [0.1, 0.15) is 101 Å². The van der Waals surface area contributed by atoms with Gasteiger partial charge in [0.1, 0.15) is 18.0 Å². The molecule has 7 heteroatoms. The van der Waals surface area contributed by atoms with E-state index in [1.54, 1.807) is 19.9 Å². The van der Waals surface area contributed by atoms with Gasteiger partial charge in [-0.1, -0.05) is 26.0 Å². The van der Waals surface area contributed by atoms with Crippen LogP contribution in [0.4, 0.5) is 13.2 Å². The molecule has 0 N–H and O–H groups in total. The average Bonchev–Trinajstić information content (AvgIpc) is 2.83. The predicted octanol–water partition coefficient (Wildman–Crippen LogP) is 6.46. The van der Waals surface area contributed by atoms with Crippen molar-refractivity contribution in [2.45, 2.75) is 114 Å². The summed E-state index contributed by atoms with van der Waals surface area (Å²) in [6.07, 6.45) is 1.95. The van der Waals surface area contributed by atoms with Gasteiger partial charge in [-0.2, -0.15) is 0 Å². The summed E-state index contributed by atoms with van der Waals surface area (Å²) in [6.45, 7) is 3.21. The number of halogens is 3. The number of rotatable bonds is 8. The zero-order valence-electron chi connectivity index (χ0n) is 19.5. The Morgan fingerprint density at radius 1 is 0.818 bits per heavy atom. The van der Waals surface area contributed by atoms with Crippen LogP contribution in [0.3, 0.4) is 0 Å². The third kappa shape index (κ3) is 6.73. The summed E-state index contributed by atoms with van der Waals surface area (Å²) < 4.78 is 52.3. The van der Waals surface area contributed by atoms with E-state index in [-0.39, 0.29) is 42.7 Å². The van der Waals surface area contributed by atoms with Crippen LogP contribution in [-0.2, 0) is 19.1 Å². The summed E-state index contributed by atoms with van der Waals surface area (Å²) in [7, 11) is 0. The van der Waals surface area contributed by atoms with Crippen molar-refractivity contribution in [2.24, 2.45) is 0 Å². The van der Waals surface area contributed by atoms with Gasteiger partial charge in [-0.15, -0.1) is 0 Å². The van der Waals surface area contributed by atoms with Crippen LogP contribution in [0.25, 0.3) is 0 Å². The van der Waals surface area contributed by atoms with E-state index in [0.717, 1.165) is 18.4 Å². The fourth-order valence-electron chi connectivity index (χ4n) is 4.94. The van der Waals surface area contributed by atoms with Crippen molar-refractivity contribution < 1.29 is 32.2 Å². The fraction of sp³-hybridized carbons (Fsp3) is 0.692. The molecule has 2 fully saturated rings. The summed E-state index contributed by atoms with van der Waals surface area (Å²) in [5, 5.41) is 0. The molecule has 0 aliphatic heterocycles. The minimum atomic E-state index is -1.58. The van der Waals surface area contributed by atoms with E-state index in [1.165, 1.54) is 0 Å². The van der Waals surface area contributed by atoms with E-state index in [0.29, 0.717) is 44.1 Å². The number of hydrogen-bond donors (Lipinski definition) is 0. The minimum absolute atomic E-state index is 0.0590.